The van der Waals surface area contributed by atoms with Gasteiger partial charge in [-0.05, 0) is 69.2 Å². The molecular formula is C26H25F3N4O. The molecule has 3 heterocycles. The van der Waals surface area contributed by atoms with Crippen LogP contribution >= 0.6 is 0 Å². The van der Waals surface area contributed by atoms with Crippen LogP contribution in [0.1, 0.15) is 52.9 Å². The summed E-state index contributed by atoms with van der Waals surface area (Å²) in [4.78, 5) is 28.6. The number of hydrogen-bond donors (Lipinski definition) is 0. The fraction of sp³-hybridized carbons (Fsp3) is 0.385. The van der Waals surface area contributed by atoms with E-state index in [0.29, 0.717) is 41.4 Å². The van der Waals surface area contributed by atoms with Crippen molar-refractivity contribution >= 4 is 5.91 Å². The molecular weight excluding hydrogens is 441 g/mol. The lowest BCUT2D eigenvalue weighted by atomic mass is 9.94. The van der Waals surface area contributed by atoms with E-state index in [4.69, 9.17) is 0 Å². The summed E-state index contributed by atoms with van der Waals surface area (Å²) in [6.07, 6.45) is 3.95. The fourth-order valence-electron chi connectivity index (χ4n) is 4.96. The van der Waals surface area contributed by atoms with Gasteiger partial charge < -0.3 is 4.90 Å². The van der Waals surface area contributed by atoms with E-state index in [9.17, 15) is 18.0 Å². The van der Waals surface area contributed by atoms with Gasteiger partial charge in [0.1, 0.15) is 0 Å². The normalized spacial score (nSPS) is 21.8. The van der Waals surface area contributed by atoms with E-state index >= 15 is 0 Å². The van der Waals surface area contributed by atoms with Crippen LogP contribution < -0.4 is 0 Å². The van der Waals surface area contributed by atoms with Gasteiger partial charge in [-0.3, -0.25) is 9.78 Å². The molecule has 1 aliphatic heterocycles. The number of fused-ring (bicyclic) bond motifs is 1. The molecule has 2 fully saturated rings. The number of nitrogens with zero attached hydrogens (tertiary/aromatic N) is 4. The molecule has 3 atom stereocenters. The van der Waals surface area contributed by atoms with Crippen LogP contribution in [0.2, 0.25) is 0 Å². The third kappa shape index (κ3) is 4.54. The number of hydrogen-bond acceptors (Lipinski definition) is 4. The van der Waals surface area contributed by atoms with Gasteiger partial charge in [-0.15, -0.1) is 0 Å². The predicted octanol–water partition coefficient (Wildman–Crippen LogP) is 5.49. The average molecular weight is 467 g/mol. The van der Waals surface area contributed by atoms with Gasteiger partial charge in [-0.25, -0.2) is 9.97 Å². The minimum absolute atomic E-state index is 0.0189. The van der Waals surface area contributed by atoms with Crippen molar-refractivity contribution in [1.29, 1.82) is 0 Å². The highest BCUT2D eigenvalue weighted by atomic mass is 19.4. The molecule has 1 saturated heterocycles. The van der Waals surface area contributed by atoms with Gasteiger partial charge in [-0.1, -0.05) is 17.7 Å². The van der Waals surface area contributed by atoms with Crippen LogP contribution in [0.3, 0.4) is 0 Å². The van der Waals surface area contributed by atoms with Crippen LogP contribution in [0, 0.1) is 12.8 Å². The van der Waals surface area contributed by atoms with Crippen molar-refractivity contribution in [3.8, 4) is 11.4 Å². The lowest BCUT2D eigenvalue weighted by Gasteiger charge is -2.36. The average Bonchev–Trinajstić information content (AvgIpc) is 3.62. The van der Waals surface area contributed by atoms with E-state index in [1.165, 1.54) is 6.07 Å². The van der Waals surface area contributed by atoms with Gasteiger partial charge in [-0.2, -0.15) is 13.2 Å². The third-order valence-electron chi connectivity index (χ3n) is 6.84. The quantitative estimate of drug-likeness (QED) is 0.499. The Kier molecular flexibility index (Phi) is 5.83. The minimum Gasteiger partial charge on any atom is -0.332 e. The molecule has 5 rings (SSSR count). The van der Waals surface area contributed by atoms with Crippen LogP contribution in [-0.2, 0) is 12.6 Å². The Labute approximate surface area is 196 Å². The van der Waals surface area contributed by atoms with Crippen molar-refractivity contribution in [2.45, 2.75) is 57.3 Å². The number of amides is 1. The van der Waals surface area contributed by atoms with E-state index < -0.39 is 11.7 Å². The summed E-state index contributed by atoms with van der Waals surface area (Å²) in [5, 5.41) is 0. The lowest BCUT2D eigenvalue weighted by molar-refractivity contribution is -0.137. The van der Waals surface area contributed by atoms with Crippen LogP contribution in [0.15, 0.2) is 55.0 Å². The Morgan fingerprint density at radius 1 is 1.09 bits per heavy atom. The Hall–Kier alpha value is -3.29. The number of halogens is 3. The van der Waals surface area contributed by atoms with Gasteiger partial charge >= 0.3 is 6.18 Å². The van der Waals surface area contributed by atoms with Gasteiger partial charge in [0.25, 0.3) is 5.91 Å². The van der Waals surface area contributed by atoms with Crippen LogP contribution in [0.25, 0.3) is 11.4 Å². The Bertz CT molecular complexity index is 1180. The number of aromatic nitrogens is 3. The molecule has 34 heavy (non-hydrogen) atoms. The zero-order chi connectivity index (χ0) is 23.9. The number of piperidine rings is 1. The van der Waals surface area contributed by atoms with Crippen molar-refractivity contribution in [3.05, 3.63) is 77.4 Å². The van der Waals surface area contributed by atoms with Gasteiger partial charge in [0.15, 0.2) is 5.82 Å². The van der Waals surface area contributed by atoms with E-state index in [2.05, 4.69) is 15.0 Å². The summed E-state index contributed by atoms with van der Waals surface area (Å²) in [7, 11) is 0. The molecule has 2 aliphatic rings. The van der Waals surface area contributed by atoms with E-state index in [1.54, 1.807) is 18.5 Å². The topological polar surface area (TPSA) is 59.0 Å². The molecule has 0 spiro atoms. The predicted molar refractivity (Wildman–Crippen MR) is 121 cm³/mol. The number of alkyl halides is 3. The molecule has 3 aromatic rings. The van der Waals surface area contributed by atoms with Crippen molar-refractivity contribution in [2.24, 2.45) is 5.92 Å². The number of carbonyl (C=O) groups is 1. The molecule has 0 bridgehead atoms. The largest absolute Gasteiger partial charge is 0.417 e. The maximum absolute atomic E-state index is 13.9. The zero-order valence-corrected chi connectivity index (χ0v) is 18.8. The SMILES string of the molecule is Cc1ccc(-c2ncccn2)c(C(=O)N2C3CC3CC[C@H]2CCc2ccc(C(F)(F)F)cn2)c1. The molecule has 176 valence electrons. The molecule has 1 saturated carbocycles. The fourth-order valence-corrected chi connectivity index (χ4v) is 4.96. The zero-order valence-electron chi connectivity index (χ0n) is 18.8. The number of likely N-dealkylation sites (tertiary alicyclic amines) is 1. The Balaban J connectivity index is 1.38. The van der Waals surface area contributed by atoms with Crippen molar-refractivity contribution in [1.82, 2.24) is 19.9 Å². The second kappa shape index (κ2) is 8.81. The van der Waals surface area contributed by atoms with Gasteiger partial charge in [0, 0.05) is 41.9 Å². The Morgan fingerprint density at radius 2 is 1.88 bits per heavy atom. The summed E-state index contributed by atoms with van der Waals surface area (Å²) in [6, 6.07) is 10.2. The first kappa shape index (κ1) is 22.5. The summed E-state index contributed by atoms with van der Waals surface area (Å²) in [5.41, 5.74) is 2.14. The maximum Gasteiger partial charge on any atom is 0.417 e. The smallest absolute Gasteiger partial charge is 0.332 e. The molecule has 0 radical (unpaired) electrons. The minimum atomic E-state index is -4.40. The second-order valence-corrected chi connectivity index (χ2v) is 9.20. The highest BCUT2D eigenvalue weighted by Gasteiger charge is 2.50. The van der Waals surface area contributed by atoms with Crippen LogP contribution in [0.4, 0.5) is 13.2 Å². The van der Waals surface area contributed by atoms with E-state index in [-0.39, 0.29) is 18.0 Å². The first-order valence-corrected chi connectivity index (χ1v) is 11.5. The standard InChI is InChI=1S/C26H25F3N4O/c1-16-3-10-21(24-30-11-2-12-31-24)22(13-16)25(34)33-20(8-4-17-14-23(17)33)9-7-19-6-5-18(15-32-19)26(27,28)29/h2-3,5-6,10-13,15,17,20,23H,4,7-9,14H2,1H3/t17?,20-,23?/m0/s1. The molecule has 0 N–H and O–H groups in total. The molecule has 1 aliphatic carbocycles. The first-order chi connectivity index (χ1) is 16.3. The maximum atomic E-state index is 13.9. The van der Waals surface area contributed by atoms with Crippen molar-refractivity contribution < 1.29 is 18.0 Å². The molecule has 1 amide bonds. The molecule has 2 unspecified atom stereocenters. The molecule has 1 aromatic carbocycles. The first-order valence-electron chi connectivity index (χ1n) is 11.5. The third-order valence-corrected chi connectivity index (χ3v) is 6.84. The number of aryl methyl sites for hydroxylation is 2. The molecule has 5 nitrogen and oxygen atoms in total. The van der Waals surface area contributed by atoms with E-state index in [1.807, 2.05) is 30.0 Å². The molecule has 2 aromatic heterocycles. The second-order valence-electron chi connectivity index (χ2n) is 9.20. The summed E-state index contributed by atoms with van der Waals surface area (Å²) >= 11 is 0. The van der Waals surface area contributed by atoms with Crippen LogP contribution in [0.5, 0.6) is 0 Å². The van der Waals surface area contributed by atoms with Crippen molar-refractivity contribution in [3.63, 3.8) is 0 Å². The summed E-state index contributed by atoms with van der Waals surface area (Å²) < 4.78 is 38.5. The van der Waals surface area contributed by atoms with Crippen LogP contribution in [-0.4, -0.2) is 37.8 Å². The number of pyridine rings is 1. The Morgan fingerprint density at radius 3 is 2.59 bits per heavy atom. The monoisotopic (exact) mass is 466 g/mol. The van der Waals surface area contributed by atoms with E-state index in [0.717, 1.165) is 37.1 Å². The van der Waals surface area contributed by atoms with Gasteiger partial charge in [0.2, 0.25) is 0 Å². The number of carbonyl (C=O) groups excluding carboxylic acids is 1. The summed E-state index contributed by atoms with van der Waals surface area (Å²) in [5.74, 6) is 1.02. The lowest BCUT2D eigenvalue weighted by Crippen LogP contribution is -2.45. The number of rotatable bonds is 5. The highest BCUT2D eigenvalue weighted by Crippen LogP contribution is 2.47. The summed E-state index contributed by atoms with van der Waals surface area (Å²) in [6.45, 7) is 1.95. The number of benzene rings is 1. The highest BCUT2D eigenvalue weighted by molar-refractivity contribution is 6.01. The van der Waals surface area contributed by atoms with Crippen molar-refractivity contribution in [2.75, 3.05) is 0 Å². The van der Waals surface area contributed by atoms with Gasteiger partial charge in [0.05, 0.1) is 11.1 Å². The molecule has 8 heteroatoms.